The van der Waals surface area contributed by atoms with Crippen LogP contribution in [0.2, 0.25) is 18.1 Å². The summed E-state index contributed by atoms with van der Waals surface area (Å²) in [5.41, 5.74) is 2.11. The Morgan fingerprint density at radius 1 is 0.881 bits per heavy atom. The van der Waals surface area contributed by atoms with Crippen molar-refractivity contribution in [3.63, 3.8) is 0 Å². The molecule has 1 N–H and O–H groups in total. The van der Waals surface area contributed by atoms with E-state index < -0.39 is 8.32 Å². The molecular formula is C31H51N2O7PSi. The average molecular weight is 623 g/mol. The summed E-state index contributed by atoms with van der Waals surface area (Å²) in [6.07, 6.45) is 4.43. The summed E-state index contributed by atoms with van der Waals surface area (Å²) in [6, 6.07) is 16.2. The normalized spacial score (nSPS) is 11.7. The minimum atomic E-state index is -1.68. The lowest BCUT2D eigenvalue weighted by molar-refractivity contribution is -0.193. The molecule has 0 aromatic heterocycles. The third kappa shape index (κ3) is 19.1. The van der Waals surface area contributed by atoms with Gasteiger partial charge < -0.3 is 19.2 Å². The van der Waals surface area contributed by atoms with E-state index in [1.54, 1.807) is 14.2 Å². The van der Waals surface area contributed by atoms with Gasteiger partial charge in [-0.05, 0) is 85.4 Å². The first-order chi connectivity index (χ1) is 19.3. The van der Waals surface area contributed by atoms with E-state index in [-0.39, 0.29) is 27.2 Å². The second-order valence-corrected chi connectivity index (χ2v) is 15.3. The molecule has 0 saturated heterocycles. The molecule has 11 heteroatoms. The first-order valence-corrected chi connectivity index (χ1v) is 16.4. The van der Waals surface area contributed by atoms with Gasteiger partial charge in [-0.2, -0.15) is 29.1 Å². The lowest BCUT2D eigenvalue weighted by atomic mass is 10.0. The van der Waals surface area contributed by atoms with Gasteiger partial charge in [-0.25, -0.2) is 0 Å². The number of benzene rings is 2. The van der Waals surface area contributed by atoms with E-state index in [9.17, 15) is 0 Å². The maximum atomic E-state index is 8.12. The van der Waals surface area contributed by atoms with Crippen LogP contribution >= 0.6 is 9.90 Å². The molecule has 0 fully saturated rings. The van der Waals surface area contributed by atoms with Crippen molar-refractivity contribution in [2.75, 3.05) is 26.1 Å². The molecule has 3 atom stereocenters. The van der Waals surface area contributed by atoms with Gasteiger partial charge in [-0.1, -0.05) is 41.5 Å². The summed E-state index contributed by atoms with van der Waals surface area (Å²) >= 11 is 0. The molecule has 0 aliphatic rings. The summed E-state index contributed by atoms with van der Waals surface area (Å²) in [5, 5.41) is 3.90. The van der Waals surface area contributed by atoms with Crippen LogP contribution in [0.1, 0.15) is 54.4 Å². The second-order valence-electron chi connectivity index (χ2n) is 10.5. The standard InChI is InChI=1S/C19H35NO2Si.C10H13NO.2CO2.H3P/c1-9-18(20-16-10-12-17(21-6)13-11-16)15(2)14-22-23(7,8)19(3,4)5;1-3-8-11-9-4-6-10(12-2)7-5-9;2*2-1-3;/h10-13,15,18,20H,9,14H2,1-8H3;4-8H,3H2,1-2H3;;;1H3/t15-,18+;;;;/m0..../s1. The van der Waals surface area contributed by atoms with E-state index >= 15 is 0 Å². The van der Waals surface area contributed by atoms with Crippen LogP contribution in [0.25, 0.3) is 0 Å². The van der Waals surface area contributed by atoms with E-state index in [0.717, 1.165) is 42.3 Å². The third-order valence-corrected chi connectivity index (χ3v) is 11.1. The van der Waals surface area contributed by atoms with Crippen LogP contribution in [0.15, 0.2) is 53.5 Å². The van der Waals surface area contributed by atoms with Gasteiger partial charge in [-0.15, -0.1) is 0 Å². The average Bonchev–Trinajstić information content (AvgIpc) is 2.94. The number of hydrogen-bond donors (Lipinski definition) is 1. The highest BCUT2D eigenvalue weighted by Gasteiger charge is 2.37. The lowest BCUT2D eigenvalue weighted by Crippen LogP contribution is -2.43. The number of methoxy groups -OCH3 is 2. The highest BCUT2D eigenvalue weighted by atomic mass is 31.0. The van der Waals surface area contributed by atoms with Crippen molar-refractivity contribution in [3.8, 4) is 11.5 Å². The zero-order valence-electron chi connectivity index (χ0n) is 27.0. The minimum Gasteiger partial charge on any atom is -0.497 e. The minimum absolute atomic E-state index is 0. The number of aliphatic imine (C=N–C) groups is 1. The maximum absolute atomic E-state index is 8.12. The molecule has 236 valence electrons. The molecule has 0 spiro atoms. The fraction of sp³-hybridized carbons (Fsp3) is 0.516. The lowest BCUT2D eigenvalue weighted by Gasteiger charge is -2.38. The quantitative estimate of drug-likeness (QED) is 0.158. The first kappa shape index (κ1) is 43.3. The van der Waals surface area contributed by atoms with Crippen LogP contribution in [-0.4, -0.2) is 53.7 Å². The molecule has 42 heavy (non-hydrogen) atoms. The predicted molar refractivity (Wildman–Crippen MR) is 176 cm³/mol. The monoisotopic (exact) mass is 622 g/mol. The van der Waals surface area contributed by atoms with Crippen molar-refractivity contribution < 1.29 is 33.1 Å². The van der Waals surface area contributed by atoms with Crippen molar-refractivity contribution in [2.45, 2.75) is 78.6 Å². The smallest absolute Gasteiger partial charge is 0.373 e. The molecule has 2 rings (SSSR count). The molecule has 9 nitrogen and oxygen atoms in total. The van der Waals surface area contributed by atoms with E-state index in [1.165, 1.54) is 0 Å². The van der Waals surface area contributed by atoms with Crippen LogP contribution in [0.5, 0.6) is 11.5 Å². The van der Waals surface area contributed by atoms with Gasteiger partial charge in [0.15, 0.2) is 8.32 Å². The van der Waals surface area contributed by atoms with Gasteiger partial charge in [0.25, 0.3) is 0 Å². The molecule has 2 aromatic carbocycles. The summed E-state index contributed by atoms with van der Waals surface area (Å²) < 4.78 is 16.6. The van der Waals surface area contributed by atoms with Crippen molar-refractivity contribution in [1.29, 1.82) is 0 Å². The molecule has 0 heterocycles. The van der Waals surface area contributed by atoms with Crippen molar-refractivity contribution >= 4 is 48.1 Å². The van der Waals surface area contributed by atoms with Crippen molar-refractivity contribution in [1.82, 2.24) is 0 Å². The Labute approximate surface area is 256 Å². The Kier molecular flexibility index (Phi) is 25.2. The second kappa shape index (κ2) is 24.5. The first-order valence-electron chi connectivity index (χ1n) is 13.5. The number of hydrogen-bond acceptors (Lipinski definition) is 9. The number of carbonyl (C=O) groups excluding carboxylic acids is 4. The molecule has 0 saturated carbocycles. The largest absolute Gasteiger partial charge is 0.497 e. The van der Waals surface area contributed by atoms with Crippen LogP contribution in [-0.2, 0) is 23.6 Å². The number of nitrogens with zero attached hydrogens (tertiary/aromatic N) is 1. The van der Waals surface area contributed by atoms with Crippen LogP contribution in [0.3, 0.4) is 0 Å². The van der Waals surface area contributed by atoms with Gasteiger partial charge >= 0.3 is 12.3 Å². The van der Waals surface area contributed by atoms with Crippen LogP contribution < -0.4 is 14.8 Å². The Morgan fingerprint density at radius 3 is 1.67 bits per heavy atom. The van der Waals surface area contributed by atoms with Gasteiger partial charge in [0.2, 0.25) is 0 Å². The van der Waals surface area contributed by atoms with Gasteiger partial charge in [0, 0.05) is 24.6 Å². The fourth-order valence-electron chi connectivity index (χ4n) is 3.09. The molecule has 0 aliphatic heterocycles. The SMILES string of the molecule is CCC=Nc1ccc(OC)cc1.CC[C@@H](Nc1ccc(OC)cc1)[C@@H](C)CO[Si](C)(C)C(C)(C)C.O=C=O.O=C=O.P. The molecule has 0 bridgehead atoms. The van der Waals surface area contributed by atoms with E-state index in [1.807, 2.05) is 42.6 Å². The van der Waals surface area contributed by atoms with E-state index in [2.05, 4.69) is 77.1 Å². The van der Waals surface area contributed by atoms with Crippen molar-refractivity contribution in [3.05, 3.63) is 48.5 Å². The molecule has 2 aromatic rings. The summed E-state index contributed by atoms with van der Waals surface area (Å²) in [6.45, 7) is 18.9. The molecule has 0 radical (unpaired) electrons. The molecule has 0 amide bonds. The molecular weight excluding hydrogens is 571 g/mol. The highest BCUT2D eigenvalue weighted by Crippen LogP contribution is 2.37. The number of nitrogens with one attached hydrogen (secondary N) is 1. The van der Waals surface area contributed by atoms with Gasteiger partial charge in [0.1, 0.15) is 11.5 Å². The Balaban J connectivity index is -0.000000668. The summed E-state index contributed by atoms with van der Waals surface area (Å²) in [5.74, 6) is 2.22. The van der Waals surface area contributed by atoms with Crippen LogP contribution in [0, 0.1) is 5.92 Å². The predicted octanol–water partition coefficient (Wildman–Crippen LogP) is 7.24. The van der Waals surface area contributed by atoms with E-state index in [0.29, 0.717) is 12.0 Å². The Bertz CT molecular complexity index is 1030. The fourth-order valence-corrected chi connectivity index (χ4v) is 4.20. The maximum Gasteiger partial charge on any atom is 0.373 e. The Hall–Kier alpha value is -3.12. The third-order valence-electron chi connectivity index (χ3n) is 6.58. The number of ether oxygens (including phenoxy) is 2. The highest BCUT2D eigenvalue weighted by molar-refractivity contribution is 6.92. The van der Waals surface area contributed by atoms with Gasteiger partial charge in [0.05, 0.1) is 19.9 Å². The zero-order valence-corrected chi connectivity index (χ0v) is 29.4. The van der Waals surface area contributed by atoms with Crippen molar-refractivity contribution in [2.24, 2.45) is 10.9 Å². The van der Waals surface area contributed by atoms with Gasteiger partial charge in [-0.3, -0.25) is 4.99 Å². The van der Waals surface area contributed by atoms with Crippen LogP contribution in [0.4, 0.5) is 11.4 Å². The Morgan fingerprint density at radius 2 is 1.31 bits per heavy atom. The number of anilines is 1. The van der Waals surface area contributed by atoms with E-state index in [4.69, 9.17) is 33.1 Å². The summed E-state index contributed by atoms with van der Waals surface area (Å²) in [7, 11) is 1.67. The molecule has 0 aliphatic carbocycles. The molecule has 1 unspecified atom stereocenters. The topological polar surface area (TPSA) is 120 Å². The summed E-state index contributed by atoms with van der Waals surface area (Å²) in [4.78, 5) is 36.7. The number of rotatable bonds is 11. The zero-order chi connectivity index (χ0) is 31.9.